The Bertz CT molecular complexity index is 1150. The molecule has 0 spiro atoms. The molecule has 1 aromatic carbocycles. The molecule has 0 fully saturated rings. The van der Waals surface area contributed by atoms with Crippen molar-refractivity contribution in [1.82, 2.24) is 24.8 Å². The predicted molar refractivity (Wildman–Crippen MR) is 101 cm³/mol. The molecular weight excluding hydrogens is 363 g/mol. The van der Waals surface area contributed by atoms with E-state index in [2.05, 4.69) is 25.6 Å². The average Bonchev–Trinajstić information content (AvgIpc) is 3.29. The summed E-state index contributed by atoms with van der Waals surface area (Å²) in [5.74, 6) is -0.0386. The van der Waals surface area contributed by atoms with Crippen molar-refractivity contribution in [3.63, 3.8) is 0 Å². The Morgan fingerprint density at radius 1 is 1.36 bits per heavy atom. The highest BCUT2D eigenvalue weighted by molar-refractivity contribution is 6.09. The lowest BCUT2D eigenvalue weighted by atomic mass is 10.1. The highest BCUT2D eigenvalue weighted by atomic mass is 19.1. The zero-order chi connectivity index (χ0) is 19.7. The molecule has 0 aliphatic rings. The van der Waals surface area contributed by atoms with Crippen molar-refractivity contribution in [2.45, 2.75) is 20.2 Å². The van der Waals surface area contributed by atoms with Gasteiger partial charge in [0, 0.05) is 24.9 Å². The number of amides is 1. The molecule has 142 valence electrons. The first-order valence-electron chi connectivity index (χ1n) is 8.58. The topological polar surface area (TPSA) is 97.2 Å². The van der Waals surface area contributed by atoms with Gasteiger partial charge in [-0.1, -0.05) is 11.6 Å². The highest BCUT2D eigenvalue weighted by Gasteiger charge is 2.19. The molecule has 0 saturated carbocycles. The van der Waals surface area contributed by atoms with E-state index in [4.69, 9.17) is 4.74 Å². The van der Waals surface area contributed by atoms with Crippen LogP contribution in [0.1, 0.15) is 22.8 Å². The molecule has 8 nitrogen and oxygen atoms in total. The van der Waals surface area contributed by atoms with Crippen LogP contribution in [0.5, 0.6) is 5.75 Å². The van der Waals surface area contributed by atoms with Gasteiger partial charge in [0.05, 0.1) is 23.8 Å². The minimum Gasteiger partial charge on any atom is -0.460 e. The minimum atomic E-state index is -1.48. The molecule has 4 aromatic rings. The van der Waals surface area contributed by atoms with Crippen LogP contribution in [0, 0.1) is 6.92 Å². The molecular formula is C19H17FN6O2. The maximum atomic E-state index is 13.4. The van der Waals surface area contributed by atoms with Crippen molar-refractivity contribution in [1.29, 1.82) is 0 Å². The van der Waals surface area contributed by atoms with Gasteiger partial charge in [-0.2, -0.15) is 10.2 Å². The van der Waals surface area contributed by atoms with Crippen molar-refractivity contribution in [2.75, 3.05) is 5.32 Å². The van der Waals surface area contributed by atoms with Gasteiger partial charge in [0.2, 0.25) is 6.36 Å². The second-order valence-electron chi connectivity index (χ2n) is 6.22. The molecule has 4 rings (SSSR count). The number of alkyl halides is 1. The molecule has 1 unspecified atom stereocenters. The summed E-state index contributed by atoms with van der Waals surface area (Å²) in [5, 5.41) is 13.8. The third-order valence-corrected chi connectivity index (χ3v) is 4.11. The van der Waals surface area contributed by atoms with Crippen LogP contribution in [0.25, 0.3) is 16.9 Å². The molecule has 0 aliphatic carbocycles. The first kappa shape index (κ1) is 17.7. The molecule has 0 radical (unpaired) electrons. The van der Waals surface area contributed by atoms with Crippen molar-refractivity contribution in [2.24, 2.45) is 0 Å². The van der Waals surface area contributed by atoms with Crippen LogP contribution in [0.4, 0.5) is 10.1 Å². The highest BCUT2D eigenvalue weighted by Crippen LogP contribution is 2.35. The van der Waals surface area contributed by atoms with Gasteiger partial charge in [0.15, 0.2) is 5.65 Å². The van der Waals surface area contributed by atoms with Gasteiger partial charge in [-0.15, -0.1) is 0 Å². The van der Waals surface area contributed by atoms with Crippen LogP contribution in [-0.2, 0) is 0 Å². The Kier molecular flexibility index (Phi) is 4.48. The van der Waals surface area contributed by atoms with E-state index in [9.17, 15) is 9.18 Å². The van der Waals surface area contributed by atoms with E-state index in [1.807, 2.05) is 19.1 Å². The Morgan fingerprint density at radius 2 is 2.21 bits per heavy atom. The Morgan fingerprint density at radius 3 is 3.04 bits per heavy atom. The van der Waals surface area contributed by atoms with Crippen LogP contribution in [-0.4, -0.2) is 37.1 Å². The molecule has 0 aliphatic heterocycles. The predicted octanol–water partition coefficient (Wildman–Crippen LogP) is 3.37. The molecule has 3 aromatic heterocycles. The number of benzene rings is 1. The third kappa shape index (κ3) is 3.29. The number of halogens is 1. The SMILES string of the molecule is Cc1ccc(OC(C)F)c(-c2[nH]ncc2NC(=O)c2cnn3cccnc23)c1. The average molecular weight is 380 g/mol. The van der Waals surface area contributed by atoms with Crippen LogP contribution < -0.4 is 10.1 Å². The summed E-state index contributed by atoms with van der Waals surface area (Å²) in [5.41, 5.74) is 3.25. The zero-order valence-electron chi connectivity index (χ0n) is 15.2. The number of aromatic amines is 1. The minimum absolute atomic E-state index is 0.325. The Labute approximate surface area is 159 Å². The van der Waals surface area contributed by atoms with Gasteiger partial charge in [-0.05, 0) is 25.1 Å². The second kappa shape index (κ2) is 7.10. The van der Waals surface area contributed by atoms with E-state index in [1.165, 1.54) is 23.8 Å². The fourth-order valence-corrected chi connectivity index (χ4v) is 2.88. The van der Waals surface area contributed by atoms with Gasteiger partial charge in [0.1, 0.15) is 11.3 Å². The number of hydrogen-bond donors (Lipinski definition) is 2. The second-order valence-corrected chi connectivity index (χ2v) is 6.22. The number of aromatic nitrogens is 5. The van der Waals surface area contributed by atoms with E-state index >= 15 is 0 Å². The van der Waals surface area contributed by atoms with Crippen LogP contribution in [0.2, 0.25) is 0 Å². The van der Waals surface area contributed by atoms with Crippen molar-refractivity contribution < 1.29 is 13.9 Å². The van der Waals surface area contributed by atoms with Gasteiger partial charge in [0.25, 0.3) is 5.91 Å². The van der Waals surface area contributed by atoms with E-state index in [-0.39, 0.29) is 5.91 Å². The van der Waals surface area contributed by atoms with Crippen LogP contribution >= 0.6 is 0 Å². The number of anilines is 1. The quantitative estimate of drug-likeness (QED) is 0.553. The van der Waals surface area contributed by atoms with E-state index in [0.29, 0.717) is 33.9 Å². The summed E-state index contributed by atoms with van der Waals surface area (Å²) in [6.45, 7) is 3.21. The number of carbonyl (C=O) groups excluding carboxylic acids is 1. The fourth-order valence-electron chi connectivity index (χ4n) is 2.88. The maximum absolute atomic E-state index is 13.4. The van der Waals surface area contributed by atoms with Crippen LogP contribution in [0.15, 0.2) is 49.1 Å². The number of fused-ring (bicyclic) bond motifs is 1. The molecule has 0 saturated heterocycles. The van der Waals surface area contributed by atoms with Gasteiger partial charge >= 0.3 is 0 Å². The summed E-state index contributed by atoms with van der Waals surface area (Å²) < 4.78 is 20.2. The number of aryl methyl sites for hydroxylation is 1. The van der Waals surface area contributed by atoms with Gasteiger partial charge in [-0.25, -0.2) is 13.9 Å². The number of hydrogen-bond acceptors (Lipinski definition) is 5. The van der Waals surface area contributed by atoms with Crippen molar-refractivity contribution in [3.05, 3.63) is 60.2 Å². The number of rotatable bonds is 5. The standard InChI is InChI=1S/C19H17FN6O2/c1-11-4-5-16(28-12(2)20)13(8-11)17-15(10-22-25-17)24-19(27)14-9-23-26-7-3-6-21-18(14)26/h3-10,12H,1-2H3,(H,22,25)(H,24,27). The number of ether oxygens (including phenoxy) is 1. The van der Waals surface area contributed by atoms with Crippen molar-refractivity contribution >= 4 is 17.2 Å². The number of H-pyrrole nitrogens is 1. The number of carbonyl (C=O) groups is 1. The Hall–Kier alpha value is -3.75. The normalized spacial score (nSPS) is 12.1. The Balaban J connectivity index is 1.69. The lowest BCUT2D eigenvalue weighted by Crippen LogP contribution is -2.12. The first-order chi connectivity index (χ1) is 13.5. The molecule has 1 amide bonds. The summed E-state index contributed by atoms with van der Waals surface area (Å²) >= 11 is 0. The summed E-state index contributed by atoms with van der Waals surface area (Å²) in [7, 11) is 0. The summed E-state index contributed by atoms with van der Waals surface area (Å²) in [6, 6.07) is 7.06. The first-order valence-corrected chi connectivity index (χ1v) is 8.58. The largest absolute Gasteiger partial charge is 0.460 e. The molecule has 3 heterocycles. The summed E-state index contributed by atoms with van der Waals surface area (Å²) in [4.78, 5) is 16.9. The number of nitrogens with zero attached hydrogens (tertiary/aromatic N) is 4. The van der Waals surface area contributed by atoms with E-state index in [1.54, 1.807) is 24.5 Å². The van der Waals surface area contributed by atoms with Crippen molar-refractivity contribution in [3.8, 4) is 17.0 Å². The number of nitrogens with one attached hydrogen (secondary N) is 2. The third-order valence-electron chi connectivity index (χ3n) is 4.11. The summed E-state index contributed by atoms with van der Waals surface area (Å²) in [6.07, 6.45) is 4.75. The fraction of sp³-hybridized carbons (Fsp3) is 0.158. The lowest BCUT2D eigenvalue weighted by Gasteiger charge is -2.13. The molecule has 1 atom stereocenters. The monoisotopic (exact) mass is 380 g/mol. The van der Waals surface area contributed by atoms with E-state index in [0.717, 1.165) is 5.56 Å². The molecule has 28 heavy (non-hydrogen) atoms. The van der Waals surface area contributed by atoms with Crippen LogP contribution in [0.3, 0.4) is 0 Å². The maximum Gasteiger partial charge on any atom is 0.261 e. The van der Waals surface area contributed by atoms with E-state index < -0.39 is 6.36 Å². The van der Waals surface area contributed by atoms with Gasteiger partial charge in [-0.3, -0.25) is 9.89 Å². The lowest BCUT2D eigenvalue weighted by molar-refractivity contribution is 0.0866. The van der Waals surface area contributed by atoms with Gasteiger partial charge < -0.3 is 10.1 Å². The smallest absolute Gasteiger partial charge is 0.261 e. The molecule has 2 N–H and O–H groups in total. The molecule has 0 bridgehead atoms. The zero-order valence-corrected chi connectivity index (χ0v) is 15.2. The molecule has 9 heteroatoms.